The molecule has 0 saturated heterocycles. The molecule has 8 heteroatoms. The van der Waals surface area contributed by atoms with Gasteiger partial charge in [-0.3, -0.25) is 4.79 Å². The van der Waals surface area contributed by atoms with Gasteiger partial charge in [0.1, 0.15) is 16.1 Å². The first-order valence-corrected chi connectivity index (χ1v) is 11.8. The molecule has 2 heterocycles. The Kier molecular flexibility index (Phi) is 7.51. The summed E-state index contributed by atoms with van der Waals surface area (Å²) in [6.07, 6.45) is 4.18. The van der Waals surface area contributed by atoms with Crippen molar-refractivity contribution in [1.82, 2.24) is 4.98 Å². The molecule has 0 spiro atoms. The number of amides is 1. The van der Waals surface area contributed by atoms with Gasteiger partial charge < -0.3 is 10.1 Å². The third-order valence-electron chi connectivity index (χ3n) is 4.98. The van der Waals surface area contributed by atoms with Crippen LogP contribution in [-0.4, -0.2) is 29.7 Å². The van der Waals surface area contributed by atoms with Crippen molar-refractivity contribution in [2.75, 3.05) is 18.2 Å². The molecule has 30 heavy (non-hydrogen) atoms. The number of thioether (sulfide) groups is 1. The monoisotopic (exact) mass is 443 g/mol. The van der Waals surface area contributed by atoms with Crippen LogP contribution in [0.2, 0.25) is 0 Å². The predicted octanol–water partition coefficient (Wildman–Crippen LogP) is 4.92. The molecule has 0 unspecified atom stereocenters. The van der Waals surface area contributed by atoms with E-state index in [1.807, 2.05) is 6.07 Å². The highest BCUT2D eigenvalue weighted by Crippen LogP contribution is 2.38. The van der Waals surface area contributed by atoms with Crippen LogP contribution in [0.15, 0.2) is 17.2 Å². The molecule has 0 fully saturated rings. The van der Waals surface area contributed by atoms with Gasteiger partial charge in [-0.1, -0.05) is 13.8 Å². The number of nitrogens with zero attached hydrogens (tertiary/aromatic N) is 2. The molecule has 0 saturated carbocycles. The van der Waals surface area contributed by atoms with E-state index in [1.54, 1.807) is 6.07 Å². The fourth-order valence-corrected chi connectivity index (χ4v) is 5.59. The molecule has 2 aromatic rings. The van der Waals surface area contributed by atoms with Gasteiger partial charge in [-0.2, -0.15) is 5.26 Å². The van der Waals surface area contributed by atoms with Crippen LogP contribution in [0.1, 0.15) is 71.1 Å². The fraction of sp³-hybridized carbons (Fsp3) is 0.455. The van der Waals surface area contributed by atoms with Gasteiger partial charge >= 0.3 is 5.97 Å². The zero-order chi connectivity index (χ0) is 21.7. The molecule has 0 aromatic carbocycles. The second kappa shape index (κ2) is 10.1. The number of rotatable bonds is 7. The average molecular weight is 444 g/mol. The van der Waals surface area contributed by atoms with Crippen LogP contribution < -0.4 is 5.32 Å². The van der Waals surface area contributed by atoms with Crippen molar-refractivity contribution in [3.05, 3.63) is 39.4 Å². The van der Waals surface area contributed by atoms with E-state index in [0.717, 1.165) is 36.9 Å². The minimum absolute atomic E-state index is 0.162. The van der Waals surface area contributed by atoms with Crippen LogP contribution in [0.5, 0.6) is 0 Å². The van der Waals surface area contributed by atoms with E-state index in [1.165, 1.54) is 35.1 Å². The first-order chi connectivity index (χ1) is 14.4. The van der Waals surface area contributed by atoms with E-state index in [-0.39, 0.29) is 18.2 Å². The number of aryl methyl sites for hydroxylation is 1. The molecule has 0 bridgehead atoms. The highest BCUT2D eigenvalue weighted by atomic mass is 32.2. The maximum Gasteiger partial charge on any atom is 0.341 e. The summed E-state index contributed by atoms with van der Waals surface area (Å²) in [5, 5.41) is 13.5. The summed E-state index contributed by atoms with van der Waals surface area (Å²) in [6.45, 7) is 4.10. The van der Waals surface area contributed by atoms with Gasteiger partial charge in [-0.05, 0) is 49.3 Å². The smallest absolute Gasteiger partial charge is 0.341 e. The number of carbonyl (C=O) groups is 2. The number of hydrogen-bond donors (Lipinski definition) is 1. The molecular formula is C22H25N3O3S2. The number of ether oxygens (including phenoxy) is 1. The average Bonchev–Trinajstić information content (AvgIpc) is 3.10. The standard InChI is InChI=1S/C22H25N3O3S2/c1-13(2)16-9-8-14(12-23)20(24-16)29-11-10-18(26)25-21-19(22(27)28-3)15-6-4-5-7-17(15)30-21/h8-9,13H,4-7,10-11H2,1-3H3,(H,25,26). The number of aromatic nitrogens is 1. The lowest BCUT2D eigenvalue weighted by Gasteiger charge is -2.11. The number of esters is 1. The lowest BCUT2D eigenvalue weighted by Crippen LogP contribution is -2.15. The summed E-state index contributed by atoms with van der Waals surface area (Å²) in [5.74, 6) is 0.201. The largest absolute Gasteiger partial charge is 0.465 e. The van der Waals surface area contributed by atoms with Gasteiger partial charge in [0.25, 0.3) is 0 Å². The number of nitrogens with one attached hydrogen (secondary N) is 1. The van der Waals surface area contributed by atoms with E-state index in [4.69, 9.17) is 4.74 Å². The van der Waals surface area contributed by atoms with Crippen LogP contribution in [0.25, 0.3) is 0 Å². The number of pyridine rings is 1. The molecule has 2 aromatic heterocycles. The zero-order valence-electron chi connectivity index (χ0n) is 17.4. The van der Waals surface area contributed by atoms with Gasteiger partial charge in [-0.15, -0.1) is 23.1 Å². The van der Waals surface area contributed by atoms with E-state index < -0.39 is 5.97 Å². The van der Waals surface area contributed by atoms with Crippen LogP contribution in [0.3, 0.4) is 0 Å². The number of carbonyl (C=O) groups excluding carboxylic acids is 2. The van der Waals surface area contributed by atoms with Gasteiger partial charge in [0, 0.05) is 22.7 Å². The molecular weight excluding hydrogens is 418 g/mol. The molecule has 3 rings (SSSR count). The van der Waals surface area contributed by atoms with E-state index in [9.17, 15) is 14.9 Å². The van der Waals surface area contributed by atoms with Crippen LogP contribution in [0.4, 0.5) is 5.00 Å². The second-order valence-electron chi connectivity index (χ2n) is 7.41. The molecule has 1 aliphatic carbocycles. The molecule has 0 atom stereocenters. The lowest BCUT2D eigenvalue weighted by molar-refractivity contribution is -0.115. The Bertz CT molecular complexity index is 992. The Balaban J connectivity index is 1.66. The molecule has 0 radical (unpaired) electrons. The summed E-state index contributed by atoms with van der Waals surface area (Å²) in [4.78, 5) is 30.6. The highest BCUT2D eigenvalue weighted by molar-refractivity contribution is 7.99. The van der Waals surface area contributed by atoms with Crippen molar-refractivity contribution >= 4 is 40.0 Å². The molecule has 0 aliphatic heterocycles. The Morgan fingerprint density at radius 1 is 1.33 bits per heavy atom. The predicted molar refractivity (Wildman–Crippen MR) is 119 cm³/mol. The Morgan fingerprint density at radius 3 is 2.80 bits per heavy atom. The van der Waals surface area contributed by atoms with Crippen molar-refractivity contribution < 1.29 is 14.3 Å². The minimum Gasteiger partial charge on any atom is -0.465 e. The topological polar surface area (TPSA) is 92.1 Å². The zero-order valence-corrected chi connectivity index (χ0v) is 19.0. The first kappa shape index (κ1) is 22.3. The molecule has 6 nitrogen and oxygen atoms in total. The number of nitriles is 1. The third kappa shape index (κ3) is 5.02. The number of fused-ring (bicyclic) bond motifs is 1. The summed E-state index contributed by atoms with van der Waals surface area (Å²) < 4.78 is 4.95. The Hall–Kier alpha value is -2.37. The van der Waals surface area contributed by atoms with Crippen LogP contribution in [-0.2, 0) is 22.4 Å². The lowest BCUT2D eigenvalue weighted by atomic mass is 9.95. The quantitative estimate of drug-likeness (QED) is 0.482. The molecule has 1 N–H and O–H groups in total. The van der Waals surface area contributed by atoms with E-state index in [2.05, 4.69) is 30.2 Å². The SMILES string of the molecule is COC(=O)c1c(NC(=O)CCSc2nc(C(C)C)ccc2C#N)sc2c1CCCC2. The Morgan fingerprint density at radius 2 is 2.10 bits per heavy atom. The minimum atomic E-state index is -0.396. The van der Waals surface area contributed by atoms with Crippen molar-refractivity contribution in [3.63, 3.8) is 0 Å². The normalized spacial score (nSPS) is 12.9. The Labute approximate surface area is 185 Å². The van der Waals surface area contributed by atoms with Gasteiger partial charge in [0.15, 0.2) is 0 Å². The summed E-state index contributed by atoms with van der Waals surface area (Å²) in [7, 11) is 1.36. The third-order valence-corrected chi connectivity index (χ3v) is 7.18. The van der Waals surface area contributed by atoms with E-state index >= 15 is 0 Å². The molecule has 1 amide bonds. The van der Waals surface area contributed by atoms with Gasteiger partial charge in [0.05, 0.1) is 18.2 Å². The van der Waals surface area contributed by atoms with Crippen molar-refractivity contribution in [1.29, 1.82) is 5.26 Å². The second-order valence-corrected chi connectivity index (χ2v) is 9.60. The van der Waals surface area contributed by atoms with Crippen molar-refractivity contribution in [2.24, 2.45) is 0 Å². The molecule has 1 aliphatic rings. The first-order valence-electron chi connectivity index (χ1n) is 10.0. The van der Waals surface area contributed by atoms with Gasteiger partial charge in [0.2, 0.25) is 5.91 Å². The fourth-order valence-electron chi connectivity index (χ4n) is 3.37. The van der Waals surface area contributed by atoms with Crippen LogP contribution in [0, 0.1) is 11.3 Å². The number of thiophene rings is 1. The number of hydrogen-bond acceptors (Lipinski definition) is 7. The van der Waals surface area contributed by atoms with Gasteiger partial charge in [-0.25, -0.2) is 9.78 Å². The maximum atomic E-state index is 12.6. The number of anilines is 1. The summed E-state index contributed by atoms with van der Waals surface area (Å²) >= 11 is 2.88. The summed E-state index contributed by atoms with van der Waals surface area (Å²) in [6, 6.07) is 5.81. The highest BCUT2D eigenvalue weighted by Gasteiger charge is 2.26. The summed E-state index contributed by atoms with van der Waals surface area (Å²) in [5.41, 5.74) is 2.98. The van der Waals surface area contributed by atoms with E-state index in [0.29, 0.717) is 26.9 Å². The molecule has 158 valence electrons. The number of methoxy groups -OCH3 is 1. The maximum absolute atomic E-state index is 12.6. The van der Waals surface area contributed by atoms with Crippen LogP contribution >= 0.6 is 23.1 Å². The van der Waals surface area contributed by atoms with Crippen molar-refractivity contribution in [3.8, 4) is 6.07 Å². The van der Waals surface area contributed by atoms with Crippen molar-refractivity contribution in [2.45, 2.75) is 56.9 Å².